The molecule has 1 aromatic heterocycles. The molecule has 1 heterocycles. The average molecular weight is 264 g/mol. The van der Waals surface area contributed by atoms with Gasteiger partial charge in [-0.1, -0.05) is 12.0 Å². The molecule has 0 radical (unpaired) electrons. The predicted molar refractivity (Wildman–Crippen MR) is 73.9 cm³/mol. The third-order valence-corrected chi connectivity index (χ3v) is 4.44. The molecule has 19 heavy (non-hydrogen) atoms. The van der Waals surface area contributed by atoms with Crippen molar-refractivity contribution in [3.63, 3.8) is 0 Å². The maximum absolute atomic E-state index is 5.67. The van der Waals surface area contributed by atoms with Crippen LogP contribution in [-0.4, -0.2) is 23.3 Å². The van der Waals surface area contributed by atoms with Gasteiger partial charge in [-0.05, 0) is 56.9 Å². The van der Waals surface area contributed by atoms with Gasteiger partial charge in [0.05, 0.1) is 6.04 Å². The fourth-order valence-electron chi connectivity index (χ4n) is 2.77. The van der Waals surface area contributed by atoms with E-state index < -0.39 is 0 Å². The van der Waals surface area contributed by atoms with Crippen LogP contribution >= 0.6 is 0 Å². The summed E-state index contributed by atoms with van der Waals surface area (Å²) in [5.41, 5.74) is 0.556. The average Bonchev–Trinajstić information content (AvgIpc) is 3.32. The highest BCUT2D eigenvalue weighted by atomic mass is 16.4. The van der Waals surface area contributed by atoms with Crippen molar-refractivity contribution < 1.29 is 4.42 Å². The van der Waals surface area contributed by atoms with E-state index in [0.717, 1.165) is 25.4 Å². The molecule has 0 bridgehead atoms. The normalized spacial score (nSPS) is 22.2. The predicted octanol–water partition coefficient (Wildman–Crippen LogP) is 2.73. The lowest BCUT2D eigenvalue weighted by Gasteiger charge is -2.13. The summed E-state index contributed by atoms with van der Waals surface area (Å²) < 4.78 is 5.67. The summed E-state index contributed by atoms with van der Waals surface area (Å²) >= 11 is 0. The van der Waals surface area contributed by atoms with Crippen molar-refractivity contribution in [2.75, 3.05) is 18.4 Å². The first-order chi connectivity index (χ1) is 9.23. The second-order valence-electron chi connectivity index (χ2n) is 6.11. The zero-order valence-corrected chi connectivity index (χ0v) is 11.9. The van der Waals surface area contributed by atoms with Crippen LogP contribution < -0.4 is 10.6 Å². The Kier molecular flexibility index (Phi) is 3.48. The van der Waals surface area contributed by atoms with E-state index in [4.69, 9.17) is 4.42 Å². The Labute approximate surface area is 114 Å². The largest absolute Gasteiger partial charge is 0.406 e. The van der Waals surface area contributed by atoms with Crippen LogP contribution in [0.25, 0.3) is 0 Å². The molecule has 0 aliphatic heterocycles. The number of hydrogen-bond acceptors (Lipinski definition) is 5. The fourth-order valence-corrected chi connectivity index (χ4v) is 2.77. The van der Waals surface area contributed by atoms with Gasteiger partial charge >= 0.3 is 6.01 Å². The van der Waals surface area contributed by atoms with Crippen molar-refractivity contribution in [1.82, 2.24) is 15.5 Å². The molecular weight excluding hydrogens is 240 g/mol. The Morgan fingerprint density at radius 3 is 2.79 bits per heavy atom. The van der Waals surface area contributed by atoms with Crippen molar-refractivity contribution in [1.29, 1.82) is 0 Å². The first-order valence-corrected chi connectivity index (χ1v) is 7.54. The lowest BCUT2D eigenvalue weighted by molar-refractivity contribution is 0.414. The third kappa shape index (κ3) is 2.91. The van der Waals surface area contributed by atoms with Gasteiger partial charge in [0.2, 0.25) is 5.89 Å². The summed E-state index contributed by atoms with van der Waals surface area (Å²) in [6.07, 6.45) is 6.65. The Balaban J connectivity index is 1.50. The fraction of sp³-hybridized carbons (Fsp3) is 0.857. The molecule has 0 saturated heterocycles. The van der Waals surface area contributed by atoms with E-state index in [9.17, 15) is 0 Å². The van der Waals surface area contributed by atoms with E-state index >= 15 is 0 Å². The molecule has 2 aliphatic carbocycles. The van der Waals surface area contributed by atoms with Crippen LogP contribution in [0.5, 0.6) is 0 Å². The highest BCUT2D eigenvalue weighted by molar-refractivity contribution is 5.21. The van der Waals surface area contributed by atoms with E-state index in [1.807, 2.05) is 0 Å². The highest BCUT2D eigenvalue weighted by Gasteiger charge is 2.53. The molecule has 0 amide bonds. The minimum Gasteiger partial charge on any atom is -0.406 e. The smallest absolute Gasteiger partial charge is 0.315 e. The van der Waals surface area contributed by atoms with Crippen molar-refractivity contribution in [2.24, 2.45) is 11.3 Å². The minimum absolute atomic E-state index is 0.126. The molecule has 2 saturated carbocycles. The van der Waals surface area contributed by atoms with Gasteiger partial charge in [0.25, 0.3) is 0 Å². The van der Waals surface area contributed by atoms with Crippen molar-refractivity contribution in [3.05, 3.63) is 5.89 Å². The number of aromatic nitrogens is 2. The van der Waals surface area contributed by atoms with Gasteiger partial charge in [0.1, 0.15) is 0 Å². The molecular formula is C14H24N4O. The standard InChI is InChI=1S/C14H24N4O/c1-3-8-15-10(2)12-17-18-13(19-12)16-9-14(6-7-14)11-4-5-11/h10-11,15H,3-9H2,1-2H3,(H,16,18). The minimum atomic E-state index is 0.126. The van der Waals surface area contributed by atoms with Gasteiger partial charge in [0.15, 0.2) is 0 Å². The van der Waals surface area contributed by atoms with Crippen LogP contribution in [0.2, 0.25) is 0 Å². The molecule has 5 heteroatoms. The second-order valence-corrected chi connectivity index (χ2v) is 6.11. The monoisotopic (exact) mass is 264 g/mol. The van der Waals surface area contributed by atoms with Crippen LogP contribution in [-0.2, 0) is 0 Å². The van der Waals surface area contributed by atoms with Crippen molar-refractivity contribution in [2.45, 2.75) is 52.0 Å². The van der Waals surface area contributed by atoms with Crippen LogP contribution in [0.3, 0.4) is 0 Å². The van der Waals surface area contributed by atoms with Gasteiger partial charge in [-0.25, -0.2) is 0 Å². The Morgan fingerprint density at radius 2 is 2.16 bits per heavy atom. The molecule has 3 rings (SSSR count). The second kappa shape index (κ2) is 5.12. The third-order valence-electron chi connectivity index (χ3n) is 4.44. The zero-order chi connectivity index (χ0) is 13.3. The highest BCUT2D eigenvalue weighted by Crippen LogP contribution is 2.61. The van der Waals surface area contributed by atoms with E-state index in [0.29, 0.717) is 17.3 Å². The van der Waals surface area contributed by atoms with E-state index in [1.54, 1.807) is 0 Å². The molecule has 1 aromatic rings. The van der Waals surface area contributed by atoms with Crippen molar-refractivity contribution in [3.8, 4) is 0 Å². The van der Waals surface area contributed by atoms with Gasteiger partial charge in [-0.3, -0.25) is 0 Å². The molecule has 106 valence electrons. The Morgan fingerprint density at radius 1 is 1.37 bits per heavy atom. The van der Waals surface area contributed by atoms with Crippen molar-refractivity contribution >= 4 is 6.01 Å². The maximum atomic E-state index is 5.67. The molecule has 2 aliphatic rings. The lowest BCUT2D eigenvalue weighted by Crippen LogP contribution is -2.19. The van der Waals surface area contributed by atoms with Crippen LogP contribution in [0.1, 0.15) is 57.9 Å². The van der Waals surface area contributed by atoms with Crippen LogP contribution in [0.15, 0.2) is 4.42 Å². The summed E-state index contributed by atoms with van der Waals surface area (Å²) in [4.78, 5) is 0. The van der Waals surface area contributed by atoms with Gasteiger partial charge in [0, 0.05) is 6.54 Å². The first-order valence-electron chi connectivity index (χ1n) is 7.54. The molecule has 2 fully saturated rings. The molecule has 0 aromatic carbocycles. The van der Waals surface area contributed by atoms with Crippen LogP contribution in [0, 0.1) is 11.3 Å². The Hall–Kier alpha value is -1.10. The molecule has 1 atom stereocenters. The number of nitrogens with one attached hydrogen (secondary N) is 2. The summed E-state index contributed by atoms with van der Waals surface area (Å²) in [5.74, 6) is 1.62. The van der Waals surface area contributed by atoms with Crippen LogP contribution in [0.4, 0.5) is 6.01 Å². The lowest BCUT2D eigenvalue weighted by atomic mass is 10.0. The van der Waals surface area contributed by atoms with E-state index in [-0.39, 0.29) is 6.04 Å². The quantitative estimate of drug-likeness (QED) is 0.756. The number of anilines is 1. The molecule has 1 unspecified atom stereocenters. The summed E-state index contributed by atoms with van der Waals surface area (Å²) in [5, 5.41) is 14.9. The SMILES string of the molecule is CCCNC(C)c1nnc(NCC2(C3CC3)CC2)o1. The first kappa shape index (κ1) is 12.9. The number of rotatable bonds is 8. The van der Waals surface area contributed by atoms with Gasteiger partial charge in [-0.2, -0.15) is 0 Å². The summed E-state index contributed by atoms with van der Waals surface area (Å²) in [6, 6.07) is 0.702. The summed E-state index contributed by atoms with van der Waals surface area (Å²) in [6.45, 7) is 6.17. The summed E-state index contributed by atoms with van der Waals surface area (Å²) in [7, 11) is 0. The zero-order valence-electron chi connectivity index (χ0n) is 11.9. The molecule has 2 N–H and O–H groups in total. The topological polar surface area (TPSA) is 63.0 Å². The Bertz CT molecular complexity index is 423. The maximum Gasteiger partial charge on any atom is 0.315 e. The van der Waals surface area contributed by atoms with Gasteiger partial charge < -0.3 is 15.1 Å². The number of nitrogens with zero attached hydrogens (tertiary/aromatic N) is 2. The molecule has 0 spiro atoms. The number of hydrogen-bond donors (Lipinski definition) is 2. The van der Waals surface area contributed by atoms with Gasteiger partial charge in [-0.15, -0.1) is 5.10 Å². The van der Waals surface area contributed by atoms with E-state index in [2.05, 4.69) is 34.7 Å². The van der Waals surface area contributed by atoms with E-state index in [1.165, 1.54) is 25.7 Å². The molecule has 5 nitrogen and oxygen atoms in total.